The maximum absolute atomic E-state index is 7.11. The fourth-order valence-electron chi connectivity index (χ4n) is 8.82. The van der Waals surface area contributed by atoms with Crippen LogP contribution in [-0.2, 0) is 14.1 Å². The van der Waals surface area contributed by atoms with Gasteiger partial charge in [-0.15, -0.1) is 0 Å². The number of oxime groups is 2. The van der Waals surface area contributed by atoms with Crippen LogP contribution in [0.2, 0.25) is 19.6 Å². The van der Waals surface area contributed by atoms with Crippen molar-refractivity contribution in [1.29, 1.82) is 0 Å². The van der Waals surface area contributed by atoms with Crippen LogP contribution in [0, 0.1) is 40.4 Å². The second-order valence-electron chi connectivity index (χ2n) is 12.6. The zero-order valence-electron chi connectivity index (χ0n) is 21.7. The highest BCUT2D eigenvalue weighted by Crippen LogP contribution is 2.68. The fourth-order valence-corrected chi connectivity index (χ4v) is 9.96. The minimum Gasteiger partial charge on any atom is -0.414 e. The summed E-state index contributed by atoms with van der Waals surface area (Å²) in [5.74, 6) is 3.41. The lowest BCUT2D eigenvalue weighted by atomic mass is 9.44. The summed E-state index contributed by atoms with van der Waals surface area (Å²) in [6.07, 6.45) is 10.2. The summed E-state index contributed by atoms with van der Waals surface area (Å²) < 4.78 is 7.11. The van der Waals surface area contributed by atoms with Crippen molar-refractivity contribution in [3.8, 4) is 0 Å². The first-order valence-corrected chi connectivity index (χ1v) is 16.3. The molecule has 32 heavy (non-hydrogen) atoms. The average Bonchev–Trinajstić information content (AvgIpc) is 3.04. The van der Waals surface area contributed by atoms with Gasteiger partial charge in [0.05, 0.1) is 11.4 Å². The molecule has 0 N–H and O–H groups in total. The Labute approximate surface area is 196 Å². The second kappa shape index (κ2) is 8.72. The molecule has 8 atom stereocenters. The molecule has 0 aliphatic heterocycles. The molecule has 0 unspecified atom stereocenters. The lowest BCUT2D eigenvalue weighted by molar-refractivity contribution is -0.153. The quantitative estimate of drug-likeness (QED) is 0.266. The third-order valence-corrected chi connectivity index (χ3v) is 10.9. The van der Waals surface area contributed by atoms with Crippen molar-refractivity contribution < 1.29 is 14.1 Å². The van der Waals surface area contributed by atoms with Crippen molar-refractivity contribution >= 4 is 19.7 Å². The van der Waals surface area contributed by atoms with Crippen LogP contribution in [0.5, 0.6) is 0 Å². The first-order chi connectivity index (χ1) is 15.0. The monoisotopic (exact) mass is 462 g/mol. The summed E-state index contributed by atoms with van der Waals surface area (Å²) in [6.45, 7) is 14.4. The zero-order valence-corrected chi connectivity index (χ0v) is 22.7. The molecule has 0 bridgehead atoms. The van der Waals surface area contributed by atoms with E-state index >= 15 is 0 Å². The lowest BCUT2D eigenvalue weighted by Gasteiger charge is -2.63. The van der Waals surface area contributed by atoms with Gasteiger partial charge in [0.2, 0.25) is 0 Å². The standard InChI is InChI=1S/C26H46N2O3Si/c1-17(27-29-4)21-11-12-22-20-10-9-18-15-19(28-30-5)13-14-25(18,2)24(20)23(16-26(21,22)3)31-32(6,7)8/h18,20-24H,9-16H2,1-8H3/b27-17-,28-19-/t18-,20+,21-,22+,23+,24-,25+,26-/m1/s1. The van der Waals surface area contributed by atoms with E-state index in [0.717, 1.165) is 24.7 Å². The number of fused-ring (bicyclic) bond motifs is 5. The third-order valence-electron chi connectivity index (χ3n) is 9.87. The van der Waals surface area contributed by atoms with Gasteiger partial charge in [-0.25, -0.2) is 0 Å². The van der Waals surface area contributed by atoms with Crippen molar-refractivity contribution in [2.45, 2.75) is 97.9 Å². The van der Waals surface area contributed by atoms with Crippen molar-refractivity contribution in [3.05, 3.63) is 0 Å². The van der Waals surface area contributed by atoms with Gasteiger partial charge in [-0.2, -0.15) is 0 Å². The minimum atomic E-state index is -1.68. The SMILES string of the molecule is CO/N=C1/CC[C@@]2(C)[C@H](CC[C@@H]3[C@@H]2[C@@H](O[Si](C)(C)C)C[C@]2(C)[C@@H](/C(C)=N\OC)CC[C@@H]32)C1. The van der Waals surface area contributed by atoms with E-state index in [0.29, 0.717) is 29.3 Å². The minimum absolute atomic E-state index is 0.262. The molecule has 0 amide bonds. The molecule has 6 heteroatoms. The maximum Gasteiger partial charge on any atom is 0.184 e. The molecule has 0 aromatic rings. The van der Waals surface area contributed by atoms with E-state index in [9.17, 15) is 0 Å². The second-order valence-corrected chi connectivity index (χ2v) is 17.1. The van der Waals surface area contributed by atoms with Crippen molar-refractivity contribution in [2.24, 2.45) is 50.7 Å². The molecule has 182 valence electrons. The van der Waals surface area contributed by atoms with Gasteiger partial charge in [0.1, 0.15) is 14.2 Å². The topological polar surface area (TPSA) is 52.4 Å². The van der Waals surface area contributed by atoms with Crippen molar-refractivity contribution in [1.82, 2.24) is 0 Å². The number of nitrogens with zero attached hydrogens (tertiary/aromatic N) is 2. The molecule has 0 aromatic carbocycles. The summed E-state index contributed by atoms with van der Waals surface area (Å²) in [7, 11) is 1.69. The molecule has 4 fully saturated rings. The van der Waals surface area contributed by atoms with Gasteiger partial charge in [-0.1, -0.05) is 24.2 Å². The summed E-state index contributed by atoms with van der Waals surface area (Å²) in [5.41, 5.74) is 3.05. The molecular formula is C26H46N2O3Si. The Morgan fingerprint density at radius 1 is 1.00 bits per heavy atom. The zero-order chi connectivity index (χ0) is 23.3. The van der Waals surface area contributed by atoms with E-state index in [1.54, 1.807) is 14.2 Å². The summed E-state index contributed by atoms with van der Waals surface area (Å²) in [6, 6.07) is 0. The molecule has 0 radical (unpaired) electrons. The Morgan fingerprint density at radius 2 is 1.75 bits per heavy atom. The smallest absolute Gasteiger partial charge is 0.184 e. The molecule has 4 aliphatic rings. The Balaban J connectivity index is 1.70. The van der Waals surface area contributed by atoms with Crippen LogP contribution in [0.1, 0.15) is 72.1 Å². The first kappa shape index (κ1) is 24.2. The lowest BCUT2D eigenvalue weighted by Crippen LogP contribution is -2.61. The maximum atomic E-state index is 7.11. The summed E-state index contributed by atoms with van der Waals surface area (Å²) in [5, 5.41) is 8.78. The number of hydrogen-bond acceptors (Lipinski definition) is 5. The van der Waals surface area contributed by atoms with E-state index in [1.165, 1.54) is 49.9 Å². The Bertz CT molecular complexity index is 763. The largest absolute Gasteiger partial charge is 0.414 e. The Morgan fingerprint density at radius 3 is 2.41 bits per heavy atom. The van der Waals surface area contributed by atoms with Gasteiger partial charge in [-0.3, -0.25) is 0 Å². The normalized spacial score (nSPS) is 45.8. The molecule has 0 heterocycles. The first-order valence-electron chi connectivity index (χ1n) is 12.9. The highest BCUT2D eigenvalue weighted by Gasteiger charge is 2.64. The van der Waals surface area contributed by atoms with Crippen molar-refractivity contribution in [3.63, 3.8) is 0 Å². The van der Waals surface area contributed by atoms with Crippen LogP contribution in [0.15, 0.2) is 10.3 Å². The van der Waals surface area contributed by atoms with Crippen LogP contribution in [-0.4, -0.2) is 40.1 Å². The van der Waals surface area contributed by atoms with Crippen molar-refractivity contribution in [2.75, 3.05) is 14.2 Å². The van der Waals surface area contributed by atoms with Crippen LogP contribution in [0.25, 0.3) is 0 Å². The predicted molar refractivity (Wildman–Crippen MR) is 133 cm³/mol. The number of rotatable bonds is 5. The molecule has 0 aromatic heterocycles. The van der Waals surface area contributed by atoms with Gasteiger partial charge < -0.3 is 14.1 Å². The van der Waals surface area contributed by atoms with E-state index in [1.807, 2.05) is 0 Å². The van der Waals surface area contributed by atoms with Gasteiger partial charge in [0.15, 0.2) is 8.32 Å². The fraction of sp³-hybridized carbons (Fsp3) is 0.923. The van der Waals surface area contributed by atoms with E-state index in [-0.39, 0.29) is 5.41 Å². The van der Waals surface area contributed by atoms with Crippen LogP contribution in [0.3, 0.4) is 0 Å². The number of hydrogen-bond donors (Lipinski definition) is 0. The molecule has 0 saturated heterocycles. The predicted octanol–water partition coefficient (Wildman–Crippen LogP) is 6.50. The van der Waals surface area contributed by atoms with E-state index < -0.39 is 8.32 Å². The molecule has 5 nitrogen and oxygen atoms in total. The van der Waals surface area contributed by atoms with Gasteiger partial charge >= 0.3 is 0 Å². The van der Waals surface area contributed by atoms with Gasteiger partial charge in [0.25, 0.3) is 0 Å². The summed E-state index contributed by atoms with van der Waals surface area (Å²) >= 11 is 0. The van der Waals surface area contributed by atoms with Crippen LogP contribution < -0.4 is 0 Å². The molecular weight excluding hydrogens is 416 g/mol. The highest BCUT2D eigenvalue weighted by atomic mass is 28.4. The molecule has 4 saturated carbocycles. The van der Waals surface area contributed by atoms with Gasteiger partial charge in [0, 0.05) is 12.0 Å². The van der Waals surface area contributed by atoms with E-state index in [4.69, 9.17) is 14.1 Å². The molecule has 0 spiro atoms. The van der Waals surface area contributed by atoms with Gasteiger partial charge in [-0.05, 0) is 112 Å². The highest BCUT2D eigenvalue weighted by molar-refractivity contribution is 6.69. The molecule has 4 aliphatic carbocycles. The van der Waals surface area contributed by atoms with Crippen LogP contribution >= 0.6 is 0 Å². The Hall–Kier alpha value is -0.883. The average molecular weight is 463 g/mol. The van der Waals surface area contributed by atoms with Crippen LogP contribution in [0.4, 0.5) is 0 Å². The molecule has 4 rings (SSSR count). The van der Waals surface area contributed by atoms with E-state index in [2.05, 4.69) is 50.7 Å². The third kappa shape index (κ3) is 4.08. The summed E-state index contributed by atoms with van der Waals surface area (Å²) in [4.78, 5) is 10.4. The Kier molecular flexibility index (Phi) is 6.61.